The number of aliphatic carboxylic acids is 1. The summed E-state index contributed by atoms with van der Waals surface area (Å²) in [6.45, 7) is 1.50. The number of carboxylic acids is 1. The molecule has 1 aromatic rings. The Kier molecular flexibility index (Phi) is 3.29. The zero-order chi connectivity index (χ0) is 13.3. The number of hydrogen-bond acceptors (Lipinski definition) is 3. The Balaban J connectivity index is 1.78. The van der Waals surface area contributed by atoms with Gasteiger partial charge in [-0.15, -0.1) is 0 Å². The van der Waals surface area contributed by atoms with Crippen LogP contribution in [0.3, 0.4) is 0 Å². The highest BCUT2D eigenvalue weighted by Crippen LogP contribution is 2.32. The van der Waals surface area contributed by atoms with E-state index in [-0.39, 0.29) is 12.0 Å². The second-order valence-corrected chi connectivity index (χ2v) is 5.74. The van der Waals surface area contributed by atoms with Crippen LogP contribution in [0.2, 0.25) is 0 Å². The summed E-state index contributed by atoms with van der Waals surface area (Å²) in [5.41, 5.74) is 2.50. The molecule has 1 atom stereocenters. The first-order valence-electron chi connectivity index (χ1n) is 6.97. The Morgan fingerprint density at radius 2 is 2.21 bits per heavy atom. The number of nitrogens with one attached hydrogen (secondary N) is 2. The standard InChI is InChI=1S/C15H20N2O2/c18-14(19)8-15(9-16-10-15)17-13-7-3-5-11-4-1-2-6-12(11)13/h1-2,4,6,13,16-17H,3,5,7-10H2,(H,18,19). The van der Waals surface area contributed by atoms with Crippen LogP contribution in [0.15, 0.2) is 24.3 Å². The van der Waals surface area contributed by atoms with Gasteiger partial charge in [0, 0.05) is 19.1 Å². The number of hydrogen-bond donors (Lipinski definition) is 3. The van der Waals surface area contributed by atoms with Gasteiger partial charge >= 0.3 is 5.97 Å². The minimum absolute atomic E-state index is 0.193. The fraction of sp³-hybridized carbons (Fsp3) is 0.533. The van der Waals surface area contributed by atoms with Crippen molar-refractivity contribution in [2.75, 3.05) is 13.1 Å². The molecule has 1 aliphatic heterocycles. The molecule has 0 bridgehead atoms. The maximum Gasteiger partial charge on any atom is 0.305 e. The average Bonchev–Trinajstić information content (AvgIpc) is 2.36. The van der Waals surface area contributed by atoms with Gasteiger partial charge < -0.3 is 15.7 Å². The molecule has 3 rings (SSSR count). The highest BCUT2D eigenvalue weighted by atomic mass is 16.4. The van der Waals surface area contributed by atoms with Crippen LogP contribution in [-0.4, -0.2) is 29.7 Å². The molecule has 1 saturated heterocycles. The molecule has 0 saturated carbocycles. The minimum atomic E-state index is -0.724. The summed E-state index contributed by atoms with van der Waals surface area (Å²) < 4.78 is 0. The summed E-state index contributed by atoms with van der Waals surface area (Å²) in [7, 11) is 0. The van der Waals surface area contributed by atoms with E-state index in [4.69, 9.17) is 5.11 Å². The summed E-state index contributed by atoms with van der Waals surface area (Å²) in [4.78, 5) is 11.0. The second-order valence-electron chi connectivity index (χ2n) is 5.74. The average molecular weight is 260 g/mol. The van der Waals surface area contributed by atoms with Crippen LogP contribution >= 0.6 is 0 Å². The fourth-order valence-corrected chi connectivity index (χ4v) is 3.27. The predicted octanol–water partition coefficient (Wildman–Crippen LogP) is 1.47. The van der Waals surface area contributed by atoms with E-state index >= 15 is 0 Å². The normalized spacial score (nSPS) is 24.3. The van der Waals surface area contributed by atoms with E-state index in [0.29, 0.717) is 6.04 Å². The third-order valence-electron chi connectivity index (χ3n) is 4.27. The van der Waals surface area contributed by atoms with Crippen LogP contribution < -0.4 is 10.6 Å². The number of rotatable bonds is 4. The lowest BCUT2D eigenvalue weighted by Crippen LogP contribution is -2.69. The zero-order valence-corrected chi connectivity index (χ0v) is 11.0. The van der Waals surface area contributed by atoms with Crippen LogP contribution in [0.1, 0.15) is 36.4 Å². The largest absolute Gasteiger partial charge is 0.481 e. The molecule has 2 aliphatic rings. The van der Waals surface area contributed by atoms with Gasteiger partial charge in [-0.25, -0.2) is 0 Å². The van der Waals surface area contributed by atoms with E-state index in [0.717, 1.165) is 25.9 Å². The summed E-state index contributed by atoms with van der Waals surface area (Å²) in [6.07, 6.45) is 3.60. The van der Waals surface area contributed by atoms with Crippen LogP contribution in [0, 0.1) is 0 Å². The molecule has 1 aromatic carbocycles. The molecule has 102 valence electrons. The predicted molar refractivity (Wildman–Crippen MR) is 73.1 cm³/mol. The molecule has 4 nitrogen and oxygen atoms in total. The molecule has 0 radical (unpaired) electrons. The Hall–Kier alpha value is -1.39. The third-order valence-corrected chi connectivity index (χ3v) is 4.27. The number of benzene rings is 1. The van der Waals surface area contributed by atoms with E-state index < -0.39 is 5.97 Å². The zero-order valence-electron chi connectivity index (χ0n) is 11.0. The lowest BCUT2D eigenvalue weighted by molar-refractivity contribution is -0.139. The SMILES string of the molecule is O=C(O)CC1(NC2CCCc3ccccc32)CNC1. The van der Waals surface area contributed by atoms with Crippen molar-refractivity contribution in [3.8, 4) is 0 Å². The molecule has 0 amide bonds. The van der Waals surface area contributed by atoms with Crippen molar-refractivity contribution in [3.05, 3.63) is 35.4 Å². The molecular formula is C15H20N2O2. The number of carboxylic acid groups (broad SMARTS) is 1. The van der Waals surface area contributed by atoms with E-state index in [9.17, 15) is 4.79 Å². The van der Waals surface area contributed by atoms with Gasteiger partial charge in [0.25, 0.3) is 0 Å². The van der Waals surface area contributed by atoms with Gasteiger partial charge in [-0.2, -0.15) is 0 Å². The molecule has 1 aliphatic carbocycles. The van der Waals surface area contributed by atoms with E-state index in [1.54, 1.807) is 0 Å². The molecule has 1 fully saturated rings. The molecule has 19 heavy (non-hydrogen) atoms. The van der Waals surface area contributed by atoms with Crippen LogP contribution in [0.4, 0.5) is 0 Å². The monoisotopic (exact) mass is 260 g/mol. The summed E-state index contributed by atoms with van der Waals surface area (Å²) in [6, 6.07) is 8.81. The highest BCUT2D eigenvalue weighted by Gasteiger charge is 2.41. The Bertz CT molecular complexity index is 483. The molecule has 4 heteroatoms. The van der Waals surface area contributed by atoms with Crippen molar-refractivity contribution in [3.63, 3.8) is 0 Å². The molecular weight excluding hydrogens is 240 g/mol. The lowest BCUT2D eigenvalue weighted by Gasteiger charge is -2.46. The van der Waals surface area contributed by atoms with Crippen molar-refractivity contribution in [2.45, 2.75) is 37.3 Å². The first-order valence-corrected chi connectivity index (χ1v) is 6.97. The van der Waals surface area contributed by atoms with Gasteiger partial charge in [0.05, 0.1) is 12.0 Å². The molecule has 1 heterocycles. The maximum atomic E-state index is 11.0. The Labute approximate surface area is 113 Å². The second kappa shape index (κ2) is 4.94. The van der Waals surface area contributed by atoms with Crippen LogP contribution in [-0.2, 0) is 11.2 Å². The highest BCUT2D eigenvalue weighted by molar-refractivity contribution is 5.69. The topological polar surface area (TPSA) is 61.4 Å². The minimum Gasteiger partial charge on any atom is -0.481 e. The van der Waals surface area contributed by atoms with Crippen molar-refractivity contribution in [1.29, 1.82) is 0 Å². The van der Waals surface area contributed by atoms with Crippen LogP contribution in [0.5, 0.6) is 0 Å². The quantitative estimate of drug-likeness (QED) is 0.767. The first kappa shape index (κ1) is 12.6. The summed E-state index contributed by atoms with van der Waals surface area (Å²) >= 11 is 0. The van der Waals surface area contributed by atoms with Crippen molar-refractivity contribution in [2.24, 2.45) is 0 Å². The summed E-state index contributed by atoms with van der Waals surface area (Å²) in [5, 5.41) is 15.9. The smallest absolute Gasteiger partial charge is 0.305 e. The number of carbonyl (C=O) groups is 1. The number of aryl methyl sites for hydroxylation is 1. The maximum absolute atomic E-state index is 11.0. The van der Waals surface area contributed by atoms with Gasteiger partial charge in [-0.1, -0.05) is 24.3 Å². The Morgan fingerprint density at radius 3 is 2.89 bits per heavy atom. The van der Waals surface area contributed by atoms with Crippen molar-refractivity contribution in [1.82, 2.24) is 10.6 Å². The number of fused-ring (bicyclic) bond motifs is 1. The van der Waals surface area contributed by atoms with Crippen molar-refractivity contribution < 1.29 is 9.90 Å². The molecule has 1 unspecified atom stereocenters. The first-order chi connectivity index (χ1) is 9.19. The Morgan fingerprint density at radius 1 is 1.42 bits per heavy atom. The molecule has 0 aromatic heterocycles. The van der Waals surface area contributed by atoms with Crippen LogP contribution in [0.25, 0.3) is 0 Å². The van der Waals surface area contributed by atoms with Gasteiger partial charge in [0.2, 0.25) is 0 Å². The van der Waals surface area contributed by atoms with Gasteiger partial charge in [0.15, 0.2) is 0 Å². The fourth-order valence-electron chi connectivity index (χ4n) is 3.27. The van der Waals surface area contributed by atoms with E-state index in [1.807, 2.05) is 0 Å². The molecule has 0 spiro atoms. The van der Waals surface area contributed by atoms with Crippen molar-refractivity contribution >= 4 is 5.97 Å². The van der Waals surface area contributed by atoms with Gasteiger partial charge in [-0.3, -0.25) is 4.79 Å². The van der Waals surface area contributed by atoms with E-state index in [2.05, 4.69) is 34.9 Å². The summed E-state index contributed by atoms with van der Waals surface area (Å²) in [5.74, 6) is -0.724. The van der Waals surface area contributed by atoms with E-state index in [1.165, 1.54) is 17.5 Å². The third kappa shape index (κ3) is 2.51. The molecule has 3 N–H and O–H groups in total. The van der Waals surface area contributed by atoms with Gasteiger partial charge in [-0.05, 0) is 30.4 Å². The lowest BCUT2D eigenvalue weighted by atomic mass is 9.82. The van der Waals surface area contributed by atoms with Gasteiger partial charge in [0.1, 0.15) is 0 Å².